The van der Waals surface area contributed by atoms with Crippen LogP contribution in [-0.2, 0) is 0 Å². The second kappa shape index (κ2) is 3.54. The van der Waals surface area contributed by atoms with E-state index in [1.54, 1.807) is 0 Å². The summed E-state index contributed by atoms with van der Waals surface area (Å²) in [7, 11) is 0. The molecular formula is C5H11S. The third kappa shape index (κ3) is 4.35. The van der Waals surface area contributed by atoms with Gasteiger partial charge in [0, 0.05) is 0 Å². The molecule has 0 N–H and O–H groups in total. The Hall–Kier alpha value is 0.350. The van der Waals surface area contributed by atoms with Crippen LogP contribution in [0, 0.1) is 5.92 Å². The van der Waals surface area contributed by atoms with Crippen LogP contribution in [0.25, 0.3) is 0 Å². The van der Waals surface area contributed by atoms with Crippen molar-refractivity contribution < 1.29 is 0 Å². The topological polar surface area (TPSA) is 0 Å². The number of rotatable bonds is 2. The zero-order valence-electron chi connectivity index (χ0n) is 4.36. The van der Waals surface area contributed by atoms with Crippen LogP contribution in [0.1, 0.15) is 20.3 Å². The van der Waals surface area contributed by atoms with Crippen molar-refractivity contribution in [3.8, 4) is 0 Å². The van der Waals surface area contributed by atoms with E-state index in [1.165, 1.54) is 5.92 Å². The first-order valence-corrected chi connectivity index (χ1v) is 2.80. The van der Waals surface area contributed by atoms with Gasteiger partial charge in [-0.3, -0.25) is 0 Å². The quantitative estimate of drug-likeness (QED) is 0.507. The average molecular weight is 103 g/mol. The summed E-state index contributed by atoms with van der Waals surface area (Å²) >= 11 is 4.04. The SMILES string of the molecule is C[C](C)CCS. The lowest BCUT2D eigenvalue weighted by Crippen LogP contribution is -1.82. The fraction of sp³-hybridized carbons (Fsp3) is 0.800. The third-order valence-electron chi connectivity index (χ3n) is 0.612. The molecule has 0 saturated heterocycles. The zero-order valence-corrected chi connectivity index (χ0v) is 5.26. The molecule has 0 amide bonds. The molecule has 0 saturated carbocycles. The second-order valence-corrected chi connectivity index (χ2v) is 2.13. The monoisotopic (exact) mass is 103 g/mol. The Labute approximate surface area is 45.4 Å². The van der Waals surface area contributed by atoms with Crippen molar-refractivity contribution in [2.45, 2.75) is 20.3 Å². The van der Waals surface area contributed by atoms with Gasteiger partial charge in [-0.15, -0.1) is 0 Å². The van der Waals surface area contributed by atoms with E-state index in [1.807, 2.05) is 0 Å². The normalized spacial score (nSPS) is 10.0. The van der Waals surface area contributed by atoms with E-state index in [0.717, 1.165) is 12.2 Å². The summed E-state index contributed by atoms with van der Waals surface area (Å²) < 4.78 is 0. The molecule has 0 unspecified atom stereocenters. The van der Waals surface area contributed by atoms with Crippen molar-refractivity contribution in [2.75, 3.05) is 5.75 Å². The lowest BCUT2D eigenvalue weighted by molar-refractivity contribution is 0.936. The summed E-state index contributed by atoms with van der Waals surface area (Å²) in [6.07, 6.45) is 1.16. The van der Waals surface area contributed by atoms with Gasteiger partial charge in [0.2, 0.25) is 0 Å². The lowest BCUT2D eigenvalue weighted by Gasteiger charge is -1.94. The molecule has 0 aliphatic rings. The highest BCUT2D eigenvalue weighted by Gasteiger charge is 1.86. The van der Waals surface area contributed by atoms with Crippen LogP contribution < -0.4 is 0 Å². The first kappa shape index (κ1) is 6.35. The van der Waals surface area contributed by atoms with Crippen molar-refractivity contribution in [1.29, 1.82) is 0 Å². The Morgan fingerprint density at radius 1 is 1.50 bits per heavy atom. The maximum atomic E-state index is 4.04. The molecule has 0 aromatic carbocycles. The fourth-order valence-corrected chi connectivity index (χ4v) is 0.671. The van der Waals surface area contributed by atoms with Gasteiger partial charge in [-0.2, -0.15) is 12.6 Å². The Kier molecular flexibility index (Phi) is 3.74. The fourth-order valence-electron chi connectivity index (χ4n) is 0.224. The molecule has 1 heteroatoms. The Bertz CT molecular complexity index is 25.1. The second-order valence-electron chi connectivity index (χ2n) is 1.68. The van der Waals surface area contributed by atoms with E-state index in [9.17, 15) is 0 Å². The van der Waals surface area contributed by atoms with E-state index in [-0.39, 0.29) is 0 Å². The van der Waals surface area contributed by atoms with E-state index in [4.69, 9.17) is 0 Å². The number of hydrogen-bond donors (Lipinski definition) is 1. The summed E-state index contributed by atoms with van der Waals surface area (Å²) in [5, 5.41) is 0. The minimum absolute atomic E-state index is 0.988. The van der Waals surface area contributed by atoms with Gasteiger partial charge in [-0.05, 0) is 18.1 Å². The van der Waals surface area contributed by atoms with Gasteiger partial charge in [0.05, 0.1) is 0 Å². The molecule has 0 aromatic heterocycles. The highest BCUT2D eigenvalue weighted by molar-refractivity contribution is 7.80. The molecule has 0 aliphatic carbocycles. The van der Waals surface area contributed by atoms with Crippen molar-refractivity contribution in [3.05, 3.63) is 5.92 Å². The molecular weight excluding hydrogens is 92.1 g/mol. The third-order valence-corrected chi connectivity index (χ3v) is 0.835. The summed E-state index contributed by atoms with van der Waals surface area (Å²) in [6, 6.07) is 0. The van der Waals surface area contributed by atoms with Gasteiger partial charge >= 0.3 is 0 Å². The van der Waals surface area contributed by atoms with Crippen LogP contribution in [-0.4, -0.2) is 5.75 Å². The molecule has 37 valence electrons. The summed E-state index contributed by atoms with van der Waals surface area (Å²) in [5.74, 6) is 2.45. The van der Waals surface area contributed by atoms with Crippen molar-refractivity contribution in [2.24, 2.45) is 0 Å². The van der Waals surface area contributed by atoms with Crippen LogP contribution in [0.4, 0.5) is 0 Å². The zero-order chi connectivity index (χ0) is 4.99. The highest BCUT2D eigenvalue weighted by Crippen LogP contribution is 2.01. The first-order chi connectivity index (χ1) is 2.77. The van der Waals surface area contributed by atoms with Crippen LogP contribution in [0.2, 0.25) is 0 Å². The summed E-state index contributed by atoms with van der Waals surface area (Å²) in [5.41, 5.74) is 0. The Morgan fingerprint density at radius 3 is 2.00 bits per heavy atom. The molecule has 0 atom stereocenters. The molecule has 0 heterocycles. The molecule has 0 aliphatic heterocycles. The molecule has 0 rings (SSSR count). The smallest absolute Gasteiger partial charge is 0.00926 e. The predicted octanol–water partition coefficient (Wildman–Crippen LogP) is 1.92. The summed E-state index contributed by atoms with van der Waals surface area (Å²) in [6.45, 7) is 4.24. The Morgan fingerprint density at radius 2 is 2.00 bits per heavy atom. The molecule has 0 bridgehead atoms. The van der Waals surface area contributed by atoms with Gasteiger partial charge in [0.25, 0.3) is 0 Å². The minimum atomic E-state index is 0.988. The van der Waals surface area contributed by atoms with Gasteiger partial charge in [-0.25, -0.2) is 0 Å². The van der Waals surface area contributed by atoms with Gasteiger partial charge in [0.15, 0.2) is 0 Å². The maximum Gasteiger partial charge on any atom is -0.00926 e. The molecule has 0 aromatic rings. The van der Waals surface area contributed by atoms with Crippen LogP contribution >= 0.6 is 12.6 Å². The highest BCUT2D eigenvalue weighted by atomic mass is 32.1. The van der Waals surface area contributed by atoms with E-state index < -0.39 is 0 Å². The van der Waals surface area contributed by atoms with E-state index in [2.05, 4.69) is 26.5 Å². The van der Waals surface area contributed by atoms with Crippen LogP contribution in [0.15, 0.2) is 0 Å². The maximum absolute atomic E-state index is 4.04. The first-order valence-electron chi connectivity index (χ1n) is 2.17. The van der Waals surface area contributed by atoms with Gasteiger partial charge in [-0.1, -0.05) is 13.8 Å². The van der Waals surface area contributed by atoms with Crippen LogP contribution in [0.5, 0.6) is 0 Å². The largest absolute Gasteiger partial charge is 0.179 e. The average Bonchev–Trinajstić information content (AvgIpc) is 1.35. The lowest BCUT2D eigenvalue weighted by atomic mass is 10.2. The number of thiol groups is 1. The standard InChI is InChI=1S/C5H11S/c1-5(2)3-4-6/h6H,3-4H2,1-2H3. The van der Waals surface area contributed by atoms with E-state index in [0.29, 0.717) is 0 Å². The predicted molar refractivity (Wildman–Crippen MR) is 33.1 cm³/mol. The van der Waals surface area contributed by atoms with Crippen molar-refractivity contribution >= 4 is 12.6 Å². The molecule has 0 nitrogen and oxygen atoms in total. The minimum Gasteiger partial charge on any atom is -0.179 e. The molecule has 0 fully saturated rings. The number of hydrogen-bond acceptors (Lipinski definition) is 1. The van der Waals surface area contributed by atoms with E-state index >= 15 is 0 Å². The molecule has 0 spiro atoms. The Balaban J connectivity index is 2.63. The van der Waals surface area contributed by atoms with Crippen molar-refractivity contribution in [1.82, 2.24) is 0 Å². The molecule has 1 radical (unpaired) electrons. The summed E-state index contributed by atoms with van der Waals surface area (Å²) in [4.78, 5) is 0. The van der Waals surface area contributed by atoms with Gasteiger partial charge < -0.3 is 0 Å². The van der Waals surface area contributed by atoms with Crippen LogP contribution in [0.3, 0.4) is 0 Å². The van der Waals surface area contributed by atoms with Crippen molar-refractivity contribution in [3.63, 3.8) is 0 Å². The van der Waals surface area contributed by atoms with Gasteiger partial charge in [0.1, 0.15) is 0 Å². The molecule has 6 heavy (non-hydrogen) atoms.